The number of ether oxygens (including phenoxy) is 3. The Balaban J connectivity index is 1.78. The SMILES string of the molecule is CNc1ccc(C#Cc2ccc(OCCOCCOCCF)c(C)c2)cc1. The standard InChI is InChI=1S/C22H26FNO3/c1-18-17-20(4-3-19-5-8-21(24-2)9-6-19)7-10-22(18)27-16-15-26-14-13-25-12-11-23/h5-10,17,24H,11-16H2,1-2H3. The van der Waals surface area contributed by atoms with Crippen LogP contribution in [0.25, 0.3) is 0 Å². The average molecular weight is 371 g/mol. The first kappa shape index (κ1) is 20.8. The predicted molar refractivity (Wildman–Crippen MR) is 106 cm³/mol. The zero-order chi connectivity index (χ0) is 19.3. The smallest absolute Gasteiger partial charge is 0.122 e. The van der Waals surface area contributed by atoms with Gasteiger partial charge in [-0.1, -0.05) is 11.8 Å². The maximum Gasteiger partial charge on any atom is 0.122 e. The monoisotopic (exact) mass is 371 g/mol. The molecule has 0 spiro atoms. The molecule has 0 aliphatic heterocycles. The van der Waals surface area contributed by atoms with Gasteiger partial charge in [-0.2, -0.15) is 0 Å². The van der Waals surface area contributed by atoms with Gasteiger partial charge in [0.1, 0.15) is 19.0 Å². The van der Waals surface area contributed by atoms with Gasteiger partial charge in [0.2, 0.25) is 0 Å². The van der Waals surface area contributed by atoms with Crippen LogP contribution in [0, 0.1) is 18.8 Å². The molecule has 0 aromatic heterocycles. The summed E-state index contributed by atoms with van der Waals surface area (Å²) in [5.74, 6) is 7.16. The van der Waals surface area contributed by atoms with E-state index in [1.807, 2.05) is 56.4 Å². The minimum absolute atomic E-state index is 0.121. The van der Waals surface area contributed by atoms with Gasteiger partial charge in [0.05, 0.1) is 26.4 Å². The first-order valence-electron chi connectivity index (χ1n) is 8.97. The largest absolute Gasteiger partial charge is 0.491 e. The van der Waals surface area contributed by atoms with Crippen LogP contribution in [0.5, 0.6) is 5.75 Å². The van der Waals surface area contributed by atoms with Crippen LogP contribution in [0.15, 0.2) is 42.5 Å². The number of alkyl halides is 1. The molecule has 1 N–H and O–H groups in total. The zero-order valence-corrected chi connectivity index (χ0v) is 15.9. The molecule has 27 heavy (non-hydrogen) atoms. The highest BCUT2D eigenvalue weighted by molar-refractivity contribution is 5.51. The zero-order valence-electron chi connectivity index (χ0n) is 15.9. The number of aryl methyl sites for hydroxylation is 1. The Morgan fingerprint density at radius 1 is 0.852 bits per heavy atom. The van der Waals surface area contributed by atoms with Gasteiger partial charge in [-0.3, -0.25) is 0 Å². The molecule has 0 bridgehead atoms. The number of benzene rings is 2. The van der Waals surface area contributed by atoms with E-state index in [1.54, 1.807) is 0 Å². The van der Waals surface area contributed by atoms with Gasteiger partial charge in [0, 0.05) is 23.9 Å². The fraction of sp³-hybridized carbons (Fsp3) is 0.364. The van der Waals surface area contributed by atoms with Crippen LogP contribution < -0.4 is 10.1 Å². The third-order valence-electron chi connectivity index (χ3n) is 3.78. The van der Waals surface area contributed by atoms with Crippen molar-refractivity contribution in [3.63, 3.8) is 0 Å². The highest BCUT2D eigenvalue weighted by Crippen LogP contribution is 2.18. The Morgan fingerprint density at radius 2 is 1.48 bits per heavy atom. The van der Waals surface area contributed by atoms with Crippen molar-refractivity contribution in [1.82, 2.24) is 0 Å². The van der Waals surface area contributed by atoms with Crippen LogP contribution in [0.4, 0.5) is 10.1 Å². The molecule has 0 unspecified atom stereocenters. The Labute approximate surface area is 160 Å². The molecule has 0 atom stereocenters. The highest BCUT2D eigenvalue weighted by Gasteiger charge is 2.00. The number of hydrogen-bond donors (Lipinski definition) is 1. The second-order valence-electron chi connectivity index (χ2n) is 5.82. The Kier molecular flexibility index (Phi) is 9.19. The maximum absolute atomic E-state index is 11.8. The normalized spacial score (nSPS) is 10.2. The molecule has 2 aromatic rings. The lowest BCUT2D eigenvalue weighted by Crippen LogP contribution is -2.11. The van der Waals surface area contributed by atoms with Gasteiger partial charge in [0.15, 0.2) is 0 Å². The minimum atomic E-state index is -0.467. The summed E-state index contributed by atoms with van der Waals surface area (Å²) < 4.78 is 27.9. The molecule has 0 fully saturated rings. The fourth-order valence-corrected chi connectivity index (χ4v) is 2.34. The third kappa shape index (κ3) is 7.69. The minimum Gasteiger partial charge on any atom is -0.491 e. The molecule has 0 saturated heterocycles. The summed E-state index contributed by atoms with van der Waals surface area (Å²) in [7, 11) is 1.89. The summed E-state index contributed by atoms with van der Waals surface area (Å²) in [6.07, 6.45) is 0. The van der Waals surface area contributed by atoms with Crippen molar-refractivity contribution in [3.05, 3.63) is 59.2 Å². The number of rotatable bonds is 10. The van der Waals surface area contributed by atoms with E-state index in [9.17, 15) is 4.39 Å². The molecule has 144 valence electrons. The highest BCUT2D eigenvalue weighted by atomic mass is 19.1. The molecule has 0 aliphatic rings. The fourth-order valence-electron chi connectivity index (χ4n) is 2.34. The second-order valence-corrected chi connectivity index (χ2v) is 5.82. The van der Waals surface area contributed by atoms with Crippen molar-refractivity contribution in [1.29, 1.82) is 0 Å². The summed E-state index contributed by atoms with van der Waals surface area (Å²) in [6, 6.07) is 13.9. The molecular formula is C22H26FNO3. The van der Waals surface area contributed by atoms with E-state index in [0.717, 1.165) is 28.1 Å². The Bertz CT molecular complexity index is 750. The van der Waals surface area contributed by atoms with Gasteiger partial charge in [-0.15, -0.1) is 0 Å². The van der Waals surface area contributed by atoms with E-state index < -0.39 is 6.67 Å². The average Bonchev–Trinajstić information content (AvgIpc) is 2.70. The van der Waals surface area contributed by atoms with Gasteiger partial charge >= 0.3 is 0 Å². The van der Waals surface area contributed by atoms with E-state index in [0.29, 0.717) is 26.4 Å². The molecule has 2 aromatic carbocycles. The maximum atomic E-state index is 11.8. The number of anilines is 1. The summed E-state index contributed by atoms with van der Waals surface area (Å²) >= 11 is 0. The van der Waals surface area contributed by atoms with E-state index >= 15 is 0 Å². The molecule has 0 aliphatic carbocycles. The summed E-state index contributed by atoms with van der Waals surface area (Å²) in [6.45, 7) is 3.39. The lowest BCUT2D eigenvalue weighted by molar-refractivity contribution is 0.0324. The lowest BCUT2D eigenvalue weighted by atomic mass is 10.1. The summed E-state index contributed by atoms with van der Waals surface area (Å²) in [5.41, 5.74) is 4.01. The molecule has 5 heteroatoms. The lowest BCUT2D eigenvalue weighted by Gasteiger charge is -2.10. The van der Waals surface area contributed by atoms with Crippen LogP contribution in [-0.2, 0) is 9.47 Å². The first-order chi connectivity index (χ1) is 13.2. The molecule has 0 heterocycles. The topological polar surface area (TPSA) is 39.7 Å². The number of nitrogens with one attached hydrogen (secondary N) is 1. The van der Waals surface area contributed by atoms with Crippen molar-refractivity contribution in [2.24, 2.45) is 0 Å². The Morgan fingerprint density at radius 3 is 2.15 bits per heavy atom. The quantitative estimate of drug-likeness (QED) is 0.509. The molecule has 0 amide bonds. The second kappa shape index (κ2) is 11.9. The van der Waals surface area contributed by atoms with E-state index in [4.69, 9.17) is 14.2 Å². The third-order valence-corrected chi connectivity index (χ3v) is 3.78. The van der Waals surface area contributed by atoms with Gasteiger partial charge in [0.25, 0.3) is 0 Å². The first-order valence-corrected chi connectivity index (χ1v) is 8.97. The van der Waals surface area contributed by atoms with Crippen molar-refractivity contribution in [3.8, 4) is 17.6 Å². The van der Waals surface area contributed by atoms with Crippen molar-refractivity contribution in [2.75, 3.05) is 52.1 Å². The van der Waals surface area contributed by atoms with Crippen LogP contribution in [0.3, 0.4) is 0 Å². The predicted octanol–water partition coefficient (Wildman–Crippen LogP) is 3.82. The number of hydrogen-bond acceptors (Lipinski definition) is 4. The molecular weight excluding hydrogens is 345 g/mol. The van der Waals surface area contributed by atoms with E-state index in [2.05, 4.69) is 17.2 Å². The van der Waals surface area contributed by atoms with Gasteiger partial charge in [-0.05, 0) is 55.0 Å². The summed E-state index contributed by atoms with van der Waals surface area (Å²) in [4.78, 5) is 0. The molecule has 2 rings (SSSR count). The molecule has 4 nitrogen and oxygen atoms in total. The van der Waals surface area contributed by atoms with Gasteiger partial charge in [-0.25, -0.2) is 4.39 Å². The number of halogens is 1. The molecule has 0 saturated carbocycles. The van der Waals surface area contributed by atoms with E-state index in [1.165, 1.54) is 0 Å². The molecule has 0 radical (unpaired) electrons. The Hall–Kier alpha value is -2.55. The van der Waals surface area contributed by atoms with Crippen LogP contribution >= 0.6 is 0 Å². The van der Waals surface area contributed by atoms with Crippen LogP contribution in [-0.4, -0.2) is 46.8 Å². The van der Waals surface area contributed by atoms with Gasteiger partial charge < -0.3 is 19.5 Å². The van der Waals surface area contributed by atoms with Crippen LogP contribution in [0.2, 0.25) is 0 Å². The summed E-state index contributed by atoms with van der Waals surface area (Å²) in [5, 5.41) is 3.09. The van der Waals surface area contributed by atoms with Crippen LogP contribution in [0.1, 0.15) is 16.7 Å². The van der Waals surface area contributed by atoms with Crippen molar-refractivity contribution >= 4 is 5.69 Å². The van der Waals surface area contributed by atoms with E-state index in [-0.39, 0.29) is 6.61 Å². The van der Waals surface area contributed by atoms with Crippen molar-refractivity contribution < 1.29 is 18.6 Å². The van der Waals surface area contributed by atoms with Crippen molar-refractivity contribution in [2.45, 2.75) is 6.92 Å².